The summed E-state index contributed by atoms with van der Waals surface area (Å²) >= 11 is 0. The lowest BCUT2D eigenvalue weighted by Gasteiger charge is -2.19. The largest absolute Gasteiger partial charge is 0.394 e. The predicted molar refractivity (Wildman–Crippen MR) is 66.3 cm³/mol. The molecule has 0 aliphatic heterocycles. The summed E-state index contributed by atoms with van der Waals surface area (Å²) in [7, 11) is 0. The summed E-state index contributed by atoms with van der Waals surface area (Å²) in [5, 5.41) is 12.3. The smallest absolute Gasteiger partial charge is 0.223 e. The quantitative estimate of drug-likeness (QED) is 0.816. The van der Waals surface area contributed by atoms with Gasteiger partial charge in [0.25, 0.3) is 0 Å². The monoisotopic (exact) mass is 233 g/mol. The van der Waals surface area contributed by atoms with Gasteiger partial charge in [-0.3, -0.25) is 4.79 Å². The summed E-state index contributed by atoms with van der Waals surface area (Å²) in [5.74, 6) is 0.660. The van der Waals surface area contributed by atoms with Crippen LogP contribution in [0.2, 0.25) is 0 Å². The number of carbonyl (C=O) groups is 1. The minimum absolute atomic E-state index is 0.0513. The maximum Gasteiger partial charge on any atom is 0.223 e. The van der Waals surface area contributed by atoms with Crippen LogP contribution in [0.3, 0.4) is 0 Å². The highest BCUT2D eigenvalue weighted by Crippen LogP contribution is 2.36. The van der Waals surface area contributed by atoms with Gasteiger partial charge >= 0.3 is 0 Å². The Labute approximate surface area is 102 Å². The number of hydrogen-bond donors (Lipinski definition) is 2. The van der Waals surface area contributed by atoms with Crippen LogP contribution in [-0.2, 0) is 4.79 Å². The summed E-state index contributed by atoms with van der Waals surface area (Å²) in [5.41, 5.74) is 0.950. The Morgan fingerprint density at radius 3 is 2.59 bits per heavy atom. The van der Waals surface area contributed by atoms with Crippen molar-refractivity contribution in [3.63, 3.8) is 0 Å². The summed E-state index contributed by atoms with van der Waals surface area (Å²) in [6.45, 7) is 1.90. The molecule has 0 spiro atoms. The summed E-state index contributed by atoms with van der Waals surface area (Å²) in [6.07, 6.45) is 2.31. The van der Waals surface area contributed by atoms with E-state index in [-0.39, 0.29) is 24.5 Å². The Morgan fingerprint density at radius 2 is 2.06 bits per heavy atom. The highest BCUT2D eigenvalue weighted by Gasteiger charge is 2.33. The Morgan fingerprint density at radius 1 is 1.41 bits per heavy atom. The molecule has 2 N–H and O–H groups in total. The lowest BCUT2D eigenvalue weighted by atomic mass is 10.0. The SMILES string of the molecule is CC(C(=O)N[C@H](CO)c1ccccc1)C1CC1. The molecule has 1 fully saturated rings. The highest BCUT2D eigenvalue weighted by molar-refractivity contribution is 5.79. The maximum atomic E-state index is 11.9. The van der Waals surface area contributed by atoms with E-state index in [9.17, 15) is 9.90 Å². The minimum Gasteiger partial charge on any atom is -0.394 e. The van der Waals surface area contributed by atoms with Crippen LogP contribution in [0, 0.1) is 11.8 Å². The Bertz CT molecular complexity index is 373. The van der Waals surface area contributed by atoms with Crippen LogP contribution in [0.4, 0.5) is 0 Å². The number of benzene rings is 1. The van der Waals surface area contributed by atoms with E-state index in [0.717, 1.165) is 18.4 Å². The van der Waals surface area contributed by atoms with Gasteiger partial charge in [0.1, 0.15) is 0 Å². The Balaban J connectivity index is 1.97. The van der Waals surface area contributed by atoms with Gasteiger partial charge in [-0.25, -0.2) is 0 Å². The molecule has 2 rings (SSSR count). The van der Waals surface area contributed by atoms with Crippen LogP contribution < -0.4 is 5.32 Å². The van der Waals surface area contributed by atoms with Gasteiger partial charge in [0.15, 0.2) is 0 Å². The van der Waals surface area contributed by atoms with E-state index in [1.165, 1.54) is 0 Å². The molecule has 1 unspecified atom stereocenters. The zero-order valence-corrected chi connectivity index (χ0v) is 10.1. The molecule has 2 atom stereocenters. The molecule has 3 nitrogen and oxygen atoms in total. The number of hydrogen-bond acceptors (Lipinski definition) is 2. The van der Waals surface area contributed by atoms with Gasteiger partial charge in [0, 0.05) is 5.92 Å². The average molecular weight is 233 g/mol. The van der Waals surface area contributed by atoms with Crippen molar-refractivity contribution in [3.8, 4) is 0 Å². The lowest BCUT2D eigenvalue weighted by Crippen LogP contribution is -2.35. The van der Waals surface area contributed by atoms with E-state index in [1.807, 2.05) is 37.3 Å². The standard InChI is InChI=1S/C14H19NO2/c1-10(11-7-8-11)14(17)15-13(9-16)12-5-3-2-4-6-12/h2-6,10-11,13,16H,7-9H2,1H3,(H,15,17)/t10?,13-/m1/s1. The van der Waals surface area contributed by atoms with Crippen LogP contribution in [0.1, 0.15) is 31.4 Å². The van der Waals surface area contributed by atoms with Crippen molar-refractivity contribution in [2.45, 2.75) is 25.8 Å². The summed E-state index contributed by atoms with van der Waals surface area (Å²) in [4.78, 5) is 11.9. The van der Waals surface area contributed by atoms with Gasteiger partial charge in [0.05, 0.1) is 12.6 Å². The van der Waals surface area contributed by atoms with Gasteiger partial charge < -0.3 is 10.4 Å². The first kappa shape index (κ1) is 12.1. The molecular weight excluding hydrogens is 214 g/mol. The van der Waals surface area contributed by atoms with E-state index < -0.39 is 0 Å². The van der Waals surface area contributed by atoms with Gasteiger partial charge in [-0.15, -0.1) is 0 Å². The number of aliphatic hydroxyl groups excluding tert-OH is 1. The molecule has 92 valence electrons. The van der Waals surface area contributed by atoms with E-state index in [2.05, 4.69) is 5.32 Å². The van der Waals surface area contributed by atoms with Crippen molar-refractivity contribution in [2.24, 2.45) is 11.8 Å². The van der Waals surface area contributed by atoms with Crippen LogP contribution in [0.25, 0.3) is 0 Å². The lowest BCUT2D eigenvalue weighted by molar-refractivity contribution is -0.126. The summed E-state index contributed by atoms with van der Waals surface area (Å²) < 4.78 is 0. The average Bonchev–Trinajstić information content (AvgIpc) is 3.20. The van der Waals surface area contributed by atoms with Crippen molar-refractivity contribution < 1.29 is 9.90 Å². The van der Waals surface area contributed by atoms with E-state index in [1.54, 1.807) is 0 Å². The fraction of sp³-hybridized carbons (Fsp3) is 0.500. The van der Waals surface area contributed by atoms with Gasteiger partial charge in [-0.05, 0) is 24.3 Å². The van der Waals surface area contributed by atoms with Crippen molar-refractivity contribution in [1.82, 2.24) is 5.32 Å². The number of amides is 1. The molecular formula is C14H19NO2. The van der Waals surface area contributed by atoms with Gasteiger partial charge in [0.2, 0.25) is 5.91 Å². The normalized spacial score (nSPS) is 18.5. The Hall–Kier alpha value is -1.35. The third-order valence-corrected chi connectivity index (χ3v) is 3.44. The minimum atomic E-state index is -0.287. The van der Waals surface area contributed by atoms with Crippen LogP contribution in [0.15, 0.2) is 30.3 Å². The van der Waals surface area contributed by atoms with E-state index >= 15 is 0 Å². The molecule has 0 saturated heterocycles. The van der Waals surface area contributed by atoms with Gasteiger partial charge in [-0.1, -0.05) is 37.3 Å². The molecule has 1 aliphatic rings. The van der Waals surface area contributed by atoms with Crippen molar-refractivity contribution in [3.05, 3.63) is 35.9 Å². The van der Waals surface area contributed by atoms with Crippen molar-refractivity contribution in [2.75, 3.05) is 6.61 Å². The zero-order chi connectivity index (χ0) is 12.3. The second-order valence-corrected chi connectivity index (χ2v) is 4.78. The molecule has 1 aromatic rings. The highest BCUT2D eigenvalue weighted by atomic mass is 16.3. The first-order valence-electron chi connectivity index (χ1n) is 6.18. The molecule has 1 aromatic carbocycles. The molecule has 1 amide bonds. The summed E-state index contributed by atoms with van der Waals surface area (Å²) in [6, 6.07) is 9.30. The molecule has 3 heteroatoms. The number of aliphatic hydroxyl groups is 1. The topological polar surface area (TPSA) is 49.3 Å². The van der Waals surface area contributed by atoms with E-state index in [0.29, 0.717) is 5.92 Å². The molecule has 0 radical (unpaired) electrons. The van der Waals surface area contributed by atoms with Crippen molar-refractivity contribution >= 4 is 5.91 Å². The fourth-order valence-corrected chi connectivity index (χ4v) is 2.03. The maximum absolute atomic E-state index is 11.9. The third kappa shape index (κ3) is 3.07. The van der Waals surface area contributed by atoms with E-state index in [4.69, 9.17) is 0 Å². The fourth-order valence-electron chi connectivity index (χ4n) is 2.03. The first-order chi connectivity index (χ1) is 8.22. The van der Waals surface area contributed by atoms with Gasteiger partial charge in [-0.2, -0.15) is 0 Å². The molecule has 1 aliphatic carbocycles. The molecule has 0 bridgehead atoms. The number of rotatable bonds is 5. The van der Waals surface area contributed by atoms with Crippen molar-refractivity contribution in [1.29, 1.82) is 0 Å². The van der Waals surface area contributed by atoms with Crippen LogP contribution in [0.5, 0.6) is 0 Å². The second-order valence-electron chi connectivity index (χ2n) is 4.78. The zero-order valence-electron chi connectivity index (χ0n) is 10.1. The Kier molecular flexibility index (Phi) is 3.79. The molecule has 0 heterocycles. The third-order valence-electron chi connectivity index (χ3n) is 3.44. The predicted octanol–water partition coefficient (Wildman–Crippen LogP) is 1.88. The molecule has 17 heavy (non-hydrogen) atoms. The number of nitrogens with one attached hydrogen (secondary N) is 1. The molecule has 0 aromatic heterocycles. The molecule has 1 saturated carbocycles. The van der Waals surface area contributed by atoms with Crippen LogP contribution >= 0.6 is 0 Å². The van der Waals surface area contributed by atoms with Crippen LogP contribution in [-0.4, -0.2) is 17.6 Å². The number of carbonyl (C=O) groups excluding carboxylic acids is 1. The first-order valence-corrected chi connectivity index (χ1v) is 6.18. The second kappa shape index (κ2) is 5.32.